The fourth-order valence-corrected chi connectivity index (χ4v) is 1.36. The van der Waals surface area contributed by atoms with Crippen molar-refractivity contribution in [2.24, 2.45) is 11.5 Å². The molecule has 0 saturated carbocycles. The highest BCUT2D eigenvalue weighted by Crippen LogP contribution is 2.07. The molecular formula is C15H23ClN2O5. The van der Waals surface area contributed by atoms with Crippen LogP contribution in [0.2, 0.25) is 0 Å². The molecule has 0 heterocycles. The van der Waals surface area contributed by atoms with Crippen molar-refractivity contribution in [2.75, 3.05) is 7.11 Å². The quantitative estimate of drug-likeness (QED) is 0.529. The van der Waals surface area contributed by atoms with E-state index in [0.717, 1.165) is 5.56 Å². The Bertz CT molecular complexity index is 517. The summed E-state index contributed by atoms with van der Waals surface area (Å²) in [6, 6.07) is 5.64. The maximum atomic E-state index is 11.1. The van der Waals surface area contributed by atoms with Crippen LogP contribution in [0.4, 0.5) is 0 Å². The lowest BCUT2D eigenvalue weighted by Gasteiger charge is -2.09. The van der Waals surface area contributed by atoms with Crippen molar-refractivity contribution in [3.8, 4) is 0 Å². The number of carbonyl (C=O) groups excluding carboxylic acids is 2. The summed E-state index contributed by atoms with van der Waals surface area (Å²) in [5, 5.41) is 7.87. The minimum atomic E-state index is -0.963. The Morgan fingerprint density at radius 2 is 1.61 bits per heavy atom. The van der Waals surface area contributed by atoms with Gasteiger partial charge in [0.15, 0.2) is 5.78 Å². The minimum Gasteiger partial charge on any atom is -0.480 e. The second-order valence-electron chi connectivity index (χ2n) is 4.71. The van der Waals surface area contributed by atoms with Crippen LogP contribution in [-0.4, -0.2) is 42.0 Å². The van der Waals surface area contributed by atoms with E-state index in [4.69, 9.17) is 16.6 Å². The minimum absolute atomic E-state index is 0. The van der Waals surface area contributed by atoms with Gasteiger partial charge >= 0.3 is 11.9 Å². The zero-order chi connectivity index (χ0) is 17.3. The molecule has 2 atom stereocenters. The smallest absolute Gasteiger partial charge is 0.322 e. The Balaban J connectivity index is 0. The van der Waals surface area contributed by atoms with Crippen molar-refractivity contribution in [2.45, 2.75) is 32.4 Å². The van der Waals surface area contributed by atoms with Crippen molar-refractivity contribution < 1.29 is 24.2 Å². The van der Waals surface area contributed by atoms with Gasteiger partial charge in [0, 0.05) is 5.56 Å². The number of methoxy groups -OCH3 is 1. The van der Waals surface area contributed by atoms with E-state index in [1.165, 1.54) is 21.0 Å². The Morgan fingerprint density at radius 1 is 1.17 bits per heavy atom. The van der Waals surface area contributed by atoms with Gasteiger partial charge in [-0.25, -0.2) is 0 Å². The summed E-state index contributed by atoms with van der Waals surface area (Å²) in [4.78, 5) is 31.7. The average Bonchev–Trinajstić information content (AvgIpc) is 2.47. The van der Waals surface area contributed by atoms with E-state index in [1.807, 2.05) is 0 Å². The number of Topliss-reactive ketones (excluding diaryl/α,β-unsaturated/α-hetero) is 1. The highest BCUT2D eigenvalue weighted by molar-refractivity contribution is 5.94. The molecule has 23 heavy (non-hydrogen) atoms. The first-order valence-electron chi connectivity index (χ1n) is 6.60. The van der Waals surface area contributed by atoms with Crippen LogP contribution in [0.5, 0.6) is 0 Å². The highest BCUT2D eigenvalue weighted by atomic mass is 35.5. The van der Waals surface area contributed by atoms with Gasteiger partial charge in [-0.15, -0.1) is 12.4 Å². The van der Waals surface area contributed by atoms with E-state index in [0.29, 0.717) is 12.0 Å². The van der Waals surface area contributed by atoms with Crippen LogP contribution in [0.15, 0.2) is 24.3 Å². The lowest BCUT2D eigenvalue weighted by Crippen LogP contribution is -2.33. The molecule has 1 aromatic carbocycles. The summed E-state index contributed by atoms with van der Waals surface area (Å²) in [6.07, 6.45) is 0.408. The lowest BCUT2D eigenvalue weighted by atomic mass is 10.0. The molecule has 0 amide bonds. The number of halogens is 1. The van der Waals surface area contributed by atoms with Gasteiger partial charge in [-0.3, -0.25) is 14.4 Å². The molecule has 0 bridgehead atoms. The fraction of sp³-hybridized carbons (Fsp3) is 0.400. The summed E-state index contributed by atoms with van der Waals surface area (Å²) < 4.78 is 4.53. The average molecular weight is 347 g/mol. The number of rotatable bonds is 5. The monoisotopic (exact) mass is 346 g/mol. The van der Waals surface area contributed by atoms with Gasteiger partial charge < -0.3 is 21.3 Å². The van der Waals surface area contributed by atoms with Gasteiger partial charge in [0.2, 0.25) is 0 Å². The van der Waals surface area contributed by atoms with Gasteiger partial charge in [0.05, 0.1) is 7.11 Å². The first-order valence-corrected chi connectivity index (χ1v) is 6.60. The number of carbonyl (C=O) groups is 3. The maximum Gasteiger partial charge on any atom is 0.322 e. The number of esters is 1. The molecule has 0 saturated heterocycles. The topological polar surface area (TPSA) is 133 Å². The third-order valence-corrected chi connectivity index (χ3v) is 2.71. The molecule has 2 unspecified atom stereocenters. The van der Waals surface area contributed by atoms with E-state index in [9.17, 15) is 14.4 Å². The number of aliphatic carboxylic acids is 1. The van der Waals surface area contributed by atoms with Crippen LogP contribution >= 0.6 is 12.4 Å². The molecule has 0 aliphatic carbocycles. The first kappa shape index (κ1) is 23.3. The first-order chi connectivity index (χ1) is 10.2. The maximum absolute atomic E-state index is 11.1. The number of ketones is 1. The Kier molecular flexibility index (Phi) is 11.7. The predicted octanol–water partition coefficient (Wildman–Crippen LogP) is 0.772. The molecule has 5 N–H and O–H groups in total. The Morgan fingerprint density at radius 3 is 1.91 bits per heavy atom. The van der Waals surface area contributed by atoms with E-state index in [1.54, 1.807) is 24.3 Å². The fourth-order valence-electron chi connectivity index (χ4n) is 1.36. The predicted molar refractivity (Wildman–Crippen MR) is 88.7 cm³/mol. The number of carboxylic acid groups (broad SMARTS) is 1. The molecule has 0 radical (unpaired) electrons. The van der Waals surface area contributed by atoms with Crippen molar-refractivity contribution in [1.29, 1.82) is 0 Å². The second kappa shape index (κ2) is 11.6. The van der Waals surface area contributed by atoms with Crippen LogP contribution in [0, 0.1) is 0 Å². The molecule has 8 heteroatoms. The molecule has 1 rings (SSSR count). The third-order valence-electron chi connectivity index (χ3n) is 2.71. The van der Waals surface area contributed by atoms with E-state index in [-0.39, 0.29) is 18.2 Å². The molecular weight excluding hydrogens is 324 g/mol. The zero-order valence-corrected chi connectivity index (χ0v) is 14.1. The molecule has 0 fully saturated rings. The van der Waals surface area contributed by atoms with Crippen molar-refractivity contribution in [3.05, 3.63) is 35.4 Å². The zero-order valence-electron chi connectivity index (χ0n) is 13.3. The van der Waals surface area contributed by atoms with Crippen LogP contribution in [0.25, 0.3) is 0 Å². The van der Waals surface area contributed by atoms with Crippen molar-refractivity contribution in [1.82, 2.24) is 0 Å². The number of ether oxygens (including phenoxy) is 1. The third kappa shape index (κ3) is 9.62. The highest BCUT2D eigenvalue weighted by Gasteiger charge is 2.14. The van der Waals surface area contributed by atoms with E-state index < -0.39 is 24.0 Å². The van der Waals surface area contributed by atoms with E-state index >= 15 is 0 Å². The molecule has 0 aromatic heterocycles. The van der Waals surface area contributed by atoms with Gasteiger partial charge in [-0.1, -0.05) is 24.3 Å². The summed E-state index contributed by atoms with van der Waals surface area (Å²) >= 11 is 0. The summed E-state index contributed by atoms with van der Waals surface area (Å²) in [7, 11) is 1.31. The standard InChI is InChI=1S/C12H15NO3.C3H7NO2.ClH/c1-8(14)10-5-3-9(4-6-10)7-11(13)12(15)16-2;1-2(4)3(5)6;/h3-6,11H,7,13H2,1-2H3;2H,4H2,1H3,(H,5,6);1H. The van der Waals surface area contributed by atoms with Gasteiger partial charge in [0.25, 0.3) is 0 Å². The largest absolute Gasteiger partial charge is 0.480 e. The van der Waals surface area contributed by atoms with Gasteiger partial charge in [-0.2, -0.15) is 0 Å². The number of benzene rings is 1. The molecule has 7 nitrogen and oxygen atoms in total. The SMILES string of the molecule is CC(N)C(=O)O.COC(=O)C(N)Cc1ccc(C(C)=O)cc1.Cl. The van der Waals surface area contributed by atoms with Gasteiger partial charge in [-0.05, 0) is 25.8 Å². The van der Waals surface area contributed by atoms with Crippen molar-refractivity contribution >= 4 is 30.1 Å². The van der Waals surface area contributed by atoms with Crippen LogP contribution in [0.3, 0.4) is 0 Å². The Hall–Kier alpha value is -1.96. The normalized spacial score (nSPS) is 11.9. The van der Waals surface area contributed by atoms with Crippen LogP contribution in [0.1, 0.15) is 29.8 Å². The van der Waals surface area contributed by atoms with Crippen LogP contribution in [-0.2, 0) is 20.7 Å². The number of hydrogen-bond donors (Lipinski definition) is 3. The molecule has 1 aromatic rings. The van der Waals surface area contributed by atoms with Crippen molar-refractivity contribution in [3.63, 3.8) is 0 Å². The molecule has 0 aliphatic heterocycles. The summed E-state index contributed by atoms with van der Waals surface area (Å²) in [6.45, 7) is 2.93. The number of hydrogen-bond acceptors (Lipinski definition) is 6. The van der Waals surface area contributed by atoms with Crippen LogP contribution < -0.4 is 11.5 Å². The summed E-state index contributed by atoms with van der Waals surface area (Å²) in [5.41, 5.74) is 12.0. The molecule has 130 valence electrons. The number of carboxylic acids is 1. The number of nitrogens with two attached hydrogens (primary N) is 2. The lowest BCUT2D eigenvalue weighted by molar-refractivity contribution is -0.142. The van der Waals surface area contributed by atoms with E-state index in [2.05, 4.69) is 4.74 Å². The second-order valence-corrected chi connectivity index (χ2v) is 4.71. The molecule has 0 aliphatic rings. The van der Waals surface area contributed by atoms with Gasteiger partial charge in [0.1, 0.15) is 12.1 Å². The summed E-state index contributed by atoms with van der Waals surface area (Å²) in [5.74, 6) is -1.38. The Labute approximate surface area is 141 Å². The molecule has 0 spiro atoms.